The highest BCUT2D eigenvalue weighted by Gasteiger charge is 2.12. The maximum absolute atomic E-state index is 11.5. The molecule has 2 rings (SSSR count). The largest absolute Gasteiger partial charge is 0.464 e. The maximum Gasteiger partial charge on any atom is 0.356 e. The third kappa shape index (κ3) is 2.45. The first kappa shape index (κ1) is 12.4. The number of carbonyl (C=O) groups is 1. The van der Waals surface area contributed by atoms with E-state index < -0.39 is 5.97 Å². The Labute approximate surface area is 112 Å². The SMILES string of the molecule is COC(=O)c1cc(SC)c2cc(Br)ccc2n1. The van der Waals surface area contributed by atoms with Crippen LogP contribution in [0.2, 0.25) is 0 Å². The van der Waals surface area contributed by atoms with Gasteiger partial charge in [0.1, 0.15) is 5.69 Å². The normalized spacial score (nSPS) is 10.5. The molecule has 0 saturated carbocycles. The van der Waals surface area contributed by atoms with E-state index in [4.69, 9.17) is 0 Å². The first-order valence-electron chi connectivity index (χ1n) is 4.88. The molecule has 1 heterocycles. The number of rotatable bonds is 2. The van der Waals surface area contributed by atoms with E-state index in [-0.39, 0.29) is 0 Å². The van der Waals surface area contributed by atoms with E-state index >= 15 is 0 Å². The number of fused-ring (bicyclic) bond motifs is 1. The molecule has 3 nitrogen and oxygen atoms in total. The number of carbonyl (C=O) groups excluding carboxylic acids is 1. The van der Waals surface area contributed by atoms with Crippen LogP contribution in [-0.2, 0) is 4.74 Å². The molecule has 88 valence electrons. The van der Waals surface area contributed by atoms with E-state index in [2.05, 4.69) is 25.7 Å². The van der Waals surface area contributed by atoms with Crippen LogP contribution in [0.3, 0.4) is 0 Å². The number of ether oxygens (including phenoxy) is 1. The highest BCUT2D eigenvalue weighted by Crippen LogP contribution is 2.28. The molecule has 0 spiro atoms. The molecule has 0 N–H and O–H groups in total. The van der Waals surface area contributed by atoms with Crippen molar-refractivity contribution in [2.45, 2.75) is 4.90 Å². The molecule has 0 fully saturated rings. The monoisotopic (exact) mass is 311 g/mol. The number of hydrogen-bond acceptors (Lipinski definition) is 4. The number of hydrogen-bond donors (Lipinski definition) is 0. The molecule has 2 aromatic rings. The highest BCUT2D eigenvalue weighted by molar-refractivity contribution is 9.10. The van der Waals surface area contributed by atoms with Crippen LogP contribution in [0.25, 0.3) is 10.9 Å². The number of esters is 1. The van der Waals surface area contributed by atoms with Gasteiger partial charge in [-0.2, -0.15) is 0 Å². The maximum atomic E-state index is 11.5. The van der Waals surface area contributed by atoms with Crippen molar-refractivity contribution in [1.29, 1.82) is 0 Å². The average molecular weight is 312 g/mol. The van der Waals surface area contributed by atoms with Gasteiger partial charge >= 0.3 is 5.97 Å². The second-order valence-corrected chi connectivity index (χ2v) is 5.13. The summed E-state index contributed by atoms with van der Waals surface area (Å²) in [7, 11) is 1.36. The van der Waals surface area contributed by atoms with Crippen LogP contribution >= 0.6 is 27.7 Å². The first-order chi connectivity index (χ1) is 8.15. The standard InChI is InChI=1S/C12H10BrNO2S/c1-16-12(15)10-6-11(17-2)8-5-7(13)3-4-9(8)14-10/h3-6H,1-2H3. The Balaban J connectivity index is 2.70. The number of halogens is 1. The summed E-state index contributed by atoms with van der Waals surface area (Å²) >= 11 is 5.01. The van der Waals surface area contributed by atoms with Crippen LogP contribution in [0.5, 0.6) is 0 Å². The Bertz CT molecular complexity index is 586. The van der Waals surface area contributed by atoms with Gasteiger partial charge in [0, 0.05) is 14.8 Å². The average Bonchev–Trinajstić information content (AvgIpc) is 2.36. The van der Waals surface area contributed by atoms with Crippen LogP contribution in [0.4, 0.5) is 0 Å². The highest BCUT2D eigenvalue weighted by atomic mass is 79.9. The molecular weight excluding hydrogens is 302 g/mol. The van der Waals surface area contributed by atoms with Crippen LogP contribution in [0.1, 0.15) is 10.5 Å². The number of thioether (sulfide) groups is 1. The lowest BCUT2D eigenvalue weighted by molar-refractivity contribution is 0.0594. The Hall–Kier alpha value is -1.07. The number of methoxy groups -OCH3 is 1. The van der Waals surface area contributed by atoms with Crippen LogP contribution in [-0.4, -0.2) is 24.3 Å². The lowest BCUT2D eigenvalue weighted by Crippen LogP contribution is -2.04. The van der Waals surface area contributed by atoms with Crippen molar-refractivity contribution in [1.82, 2.24) is 4.98 Å². The molecule has 5 heteroatoms. The molecule has 0 unspecified atom stereocenters. The van der Waals surface area contributed by atoms with Gasteiger partial charge in [-0.25, -0.2) is 9.78 Å². The zero-order valence-corrected chi connectivity index (χ0v) is 11.8. The lowest BCUT2D eigenvalue weighted by Gasteiger charge is -2.06. The van der Waals surface area contributed by atoms with Crippen LogP contribution < -0.4 is 0 Å². The molecular formula is C12H10BrNO2S. The van der Waals surface area contributed by atoms with Crippen molar-refractivity contribution in [2.75, 3.05) is 13.4 Å². The smallest absolute Gasteiger partial charge is 0.356 e. The van der Waals surface area contributed by atoms with E-state index in [0.717, 1.165) is 20.3 Å². The molecule has 0 radical (unpaired) electrons. The van der Waals surface area contributed by atoms with Gasteiger partial charge in [0.2, 0.25) is 0 Å². The van der Waals surface area contributed by atoms with Crippen LogP contribution in [0.15, 0.2) is 33.6 Å². The third-order valence-electron chi connectivity index (χ3n) is 2.35. The van der Waals surface area contributed by atoms with E-state index in [1.54, 1.807) is 17.8 Å². The van der Waals surface area contributed by atoms with Gasteiger partial charge < -0.3 is 4.74 Å². The van der Waals surface area contributed by atoms with Crippen molar-refractivity contribution in [3.05, 3.63) is 34.4 Å². The van der Waals surface area contributed by atoms with E-state index in [0.29, 0.717) is 5.69 Å². The predicted molar refractivity (Wildman–Crippen MR) is 72.6 cm³/mol. The fourth-order valence-corrected chi connectivity index (χ4v) is 2.52. The fraction of sp³-hybridized carbons (Fsp3) is 0.167. The topological polar surface area (TPSA) is 39.2 Å². The first-order valence-corrected chi connectivity index (χ1v) is 6.90. The van der Waals surface area contributed by atoms with Gasteiger partial charge in [0.15, 0.2) is 0 Å². The van der Waals surface area contributed by atoms with Crippen LogP contribution in [0, 0.1) is 0 Å². The van der Waals surface area contributed by atoms with Gasteiger partial charge in [0.25, 0.3) is 0 Å². The van der Waals surface area contributed by atoms with Crippen molar-refractivity contribution >= 4 is 44.6 Å². The van der Waals surface area contributed by atoms with Gasteiger partial charge in [-0.15, -0.1) is 11.8 Å². The Morgan fingerprint density at radius 2 is 2.18 bits per heavy atom. The quantitative estimate of drug-likeness (QED) is 0.628. The van der Waals surface area contributed by atoms with Gasteiger partial charge in [-0.3, -0.25) is 0 Å². The molecule has 1 aromatic carbocycles. The zero-order chi connectivity index (χ0) is 12.4. The van der Waals surface area contributed by atoms with Gasteiger partial charge in [0.05, 0.1) is 12.6 Å². The summed E-state index contributed by atoms with van der Waals surface area (Å²) in [6, 6.07) is 7.53. The summed E-state index contributed by atoms with van der Waals surface area (Å²) in [5.74, 6) is -0.412. The second kappa shape index (κ2) is 5.06. The Morgan fingerprint density at radius 3 is 2.82 bits per heavy atom. The molecule has 0 aliphatic heterocycles. The molecule has 0 amide bonds. The summed E-state index contributed by atoms with van der Waals surface area (Å²) in [6.07, 6.45) is 1.97. The minimum Gasteiger partial charge on any atom is -0.464 e. The Morgan fingerprint density at radius 1 is 1.41 bits per heavy atom. The van der Waals surface area contributed by atoms with Crippen molar-refractivity contribution in [3.8, 4) is 0 Å². The number of aromatic nitrogens is 1. The molecule has 0 atom stereocenters. The number of nitrogens with zero attached hydrogens (tertiary/aromatic N) is 1. The summed E-state index contributed by atoms with van der Waals surface area (Å²) in [5, 5.41) is 1.03. The van der Waals surface area contributed by atoms with E-state index in [1.807, 2.05) is 24.5 Å². The number of benzene rings is 1. The summed E-state index contributed by atoms with van der Waals surface area (Å²) in [5.41, 5.74) is 1.13. The molecule has 0 aliphatic carbocycles. The second-order valence-electron chi connectivity index (χ2n) is 3.36. The molecule has 0 bridgehead atoms. The molecule has 1 aromatic heterocycles. The lowest BCUT2D eigenvalue weighted by atomic mass is 10.2. The zero-order valence-electron chi connectivity index (χ0n) is 9.36. The summed E-state index contributed by atoms with van der Waals surface area (Å²) in [6.45, 7) is 0. The summed E-state index contributed by atoms with van der Waals surface area (Å²) < 4.78 is 5.68. The summed E-state index contributed by atoms with van der Waals surface area (Å²) in [4.78, 5) is 16.8. The van der Waals surface area contributed by atoms with Crippen molar-refractivity contribution in [2.24, 2.45) is 0 Å². The minimum atomic E-state index is -0.412. The molecule has 17 heavy (non-hydrogen) atoms. The minimum absolute atomic E-state index is 0.340. The molecule has 0 aliphatic rings. The van der Waals surface area contributed by atoms with Gasteiger partial charge in [-0.05, 0) is 30.5 Å². The van der Waals surface area contributed by atoms with Crippen molar-refractivity contribution < 1.29 is 9.53 Å². The van der Waals surface area contributed by atoms with E-state index in [1.165, 1.54) is 7.11 Å². The van der Waals surface area contributed by atoms with E-state index in [9.17, 15) is 4.79 Å². The Kier molecular flexibility index (Phi) is 3.69. The van der Waals surface area contributed by atoms with Gasteiger partial charge in [-0.1, -0.05) is 15.9 Å². The van der Waals surface area contributed by atoms with Crippen molar-refractivity contribution in [3.63, 3.8) is 0 Å². The molecule has 0 saturated heterocycles. The number of pyridine rings is 1. The fourth-order valence-electron chi connectivity index (χ4n) is 1.55. The third-order valence-corrected chi connectivity index (χ3v) is 3.62. The predicted octanol–water partition coefficient (Wildman–Crippen LogP) is 3.51.